The predicted molar refractivity (Wildman–Crippen MR) is 47.2 cm³/mol. The molecule has 3 atom stereocenters. The number of esters is 1. The van der Waals surface area contributed by atoms with Crippen molar-refractivity contribution in [3.8, 4) is 0 Å². The molecule has 0 aromatic rings. The highest BCUT2D eigenvalue weighted by atomic mass is 16.5. The van der Waals surface area contributed by atoms with E-state index in [2.05, 4.69) is 4.90 Å². The van der Waals surface area contributed by atoms with E-state index in [1.165, 1.54) is 12.8 Å². The van der Waals surface area contributed by atoms with Crippen LogP contribution in [0.2, 0.25) is 0 Å². The first-order valence-electron chi connectivity index (χ1n) is 5.21. The third-order valence-electron chi connectivity index (χ3n) is 4.00. The monoisotopic (exact) mass is 181 g/mol. The van der Waals surface area contributed by atoms with Crippen LogP contribution in [0.15, 0.2) is 0 Å². The van der Waals surface area contributed by atoms with Gasteiger partial charge < -0.3 is 4.74 Å². The van der Waals surface area contributed by atoms with Crippen LogP contribution >= 0.6 is 0 Å². The molecule has 72 valence electrons. The molecule has 0 N–H and O–H groups in total. The van der Waals surface area contributed by atoms with E-state index in [1.54, 1.807) is 0 Å². The summed E-state index contributed by atoms with van der Waals surface area (Å²) in [6.45, 7) is 3.50. The smallest absolute Gasteiger partial charge is 0.323 e. The lowest BCUT2D eigenvalue weighted by Crippen LogP contribution is -2.54. The third-order valence-corrected chi connectivity index (χ3v) is 4.00. The zero-order valence-electron chi connectivity index (χ0n) is 7.95. The molecule has 3 aliphatic rings. The van der Waals surface area contributed by atoms with Gasteiger partial charge in [0.05, 0.1) is 6.61 Å². The molecule has 3 heteroatoms. The summed E-state index contributed by atoms with van der Waals surface area (Å²) in [5.74, 6) is 0.824. The second-order valence-corrected chi connectivity index (χ2v) is 4.45. The van der Waals surface area contributed by atoms with Crippen LogP contribution in [0.25, 0.3) is 0 Å². The lowest BCUT2D eigenvalue weighted by molar-refractivity contribution is -0.152. The Morgan fingerprint density at radius 2 is 2.54 bits per heavy atom. The number of carbonyl (C=O) groups is 1. The van der Waals surface area contributed by atoms with E-state index in [4.69, 9.17) is 4.74 Å². The Morgan fingerprint density at radius 3 is 3.08 bits per heavy atom. The first-order chi connectivity index (χ1) is 6.28. The van der Waals surface area contributed by atoms with Crippen LogP contribution in [0.5, 0.6) is 0 Å². The molecular weight excluding hydrogens is 166 g/mol. The minimum Gasteiger partial charge on any atom is -0.465 e. The normalized spacial score (nSPS) is 46.2. The largest absolute Gasteiger partial charge is 0.465 e. The Labute approximate surface area is 78.0 Å². The highest BCUT2D eigenvalue weighted by Crippen LogP contribution is 2.64. The molecule has 3 rings (SSSR count). The highest BCUT2D eigenvalue weighted by molar-refractivity contribution is 5.77. The maximum Gasteiger partial charge on any atom is 0.323 e. The Kier molecular flexibility index (Phi) is 1.36. The summed E-state index contributed by atoms with van der Waals surface area (Å²) in [7, 11) is 0. The van der Waals surface area contributed by atoms with Gasteiger partial charge in [-0.15, -0.1) is 0 Å². The van der Waals surface area contributed by atoms with E-state index in [-0.39, 0.29) is 12.0 Å². The lowest BCUT2D eigenvalue weighted by atomic mass is 10.0. The second-order valence-electron chi connectivity index (χ2n) is 4.45. The number of ether oxygens (including phenoxy) is 1. The topological polar surface area (TPSA) is 29.5 Å². The molecule has 1 saturated carbocycles. The van der Waals surface area contributed by atoms with Gasteiger partial charge in [-0.05, 0) is 32.1 Å². The van der Waals surface area contributed by atoms with Gasteiger partial charge >= 0.3 is 5.97 Å². The van der Waals surface area contributed by atoms with Gasteiger partial charge in [-0.2, -0.15) is 0 Å². The van der Waals surface area contributed by atoms with Gasteiger partial charge in [0.2, 0.25) is 0 Å². The summed E-state index contributed by atoms with van der Waals surface area (Å²) >= 11 is 0. The van der Waals surface area contributed by atoms with E-state index >= 15 is 0 Å². The van der Waals surface area contributed by atoms with Crippen molar-refractivity contribution in [1.82, 2.24) is 4.90 Å². The lowest BCUT2D eigenvalue weighted by Gasteiger charge is -2.42. The van der Waals surface area contributed by atoms with Crippen molar-refractivity contribution in [3.63, 3.8) is 0 Å². The Bertz CT molecular complexity index is 262. The van der Waals surface area contributed by atoms with E-state index in [0.29, 0.717) is 12.1 Å². The summed E-state index contributed by atoms with van der Waals surface area (Å²) in [5.41, 5.74) is 0.484. The van der Waals surface area contributed by atoms with Crippen molar-refractivity contribution >= 4 is 5.97 Å². The number of hydrogen-bond donors (Lipinski definition) is 0. The van der Waals surface area contributed by atoms with Crippen LogP contribution in [0.3, 0.4) is 0 Å². The number of rotatable bonds is 2. The van der Waals surface area contributed by atoms with Gasteiger partial charge in [-0.25, -0.2) is 0 Å². The van der Waals surface area contributed by atoms with E-state index in [9.17, 15) is 4.79 Å². The Balaban J connectivity index is 1.71. The van der Waals surface area contributed by atoms with Crippen LogP contribution < -0.4 is 0 Å². The fourth-order valence-electron chi connectivity index (χ4n) is 3.18. The molecule has 3 unspecified atom stereocenters. The average Bonchev–Trinajstić information content (AvgIpc) is 2.74. The molecule has 2 aliphatic heterocycles. The predicted octanol–water partition coefficient (Wildman–Crippen LogP) is 0.786. The van der Waals surface area contributed by atoms with Gasteiger partial charge in [0.15, 0.2) is 0 Å². The standard InChI is InChI=1S/C10H15NO2/c1-2-13-9(12)8-5-7-6-10(7)3-4-11(8)10/h7-8H,2-6H2,1H3. The average molecular weight is 181 g/mol. The number of hydrogen-bond acceptors (Lipinski definition) is 3. The van der Waals surface area contributed by atoms with Crippen LogP contribution in [0.4, 0.5) is 0 Å². The molecule has 0 aromatic carbocycles. The quantitative estimate of drug-likeness (QED) is 0.590. The summed E-state index contributed by atoms with van der Waals surface area (Å²) in [6.07, 6.45) is 3.70. The molecule has 3 nitrogen and oxygen atoms in total. The van der Waals surface area contributed by atoms with Crippen molar-refractivity contribution < 1.29 is 9.53 Å². The van der Waals surface area contributed by atoms with Crippen molar-refractivity contribution in [1.29, 1.82) is 0 Å². The minimum atomic E-state index is 0.00813. The maximum atomic E-state index is 11.5. The minimum absolute atomic E-state index is 0.00813. The van der Waals surface area contributed by atoms with Gasteiger partial charge in [-0.3, -0.25) is 9.69 Å². The first kappa shape index (κ1) is 7.80. The third kappa shape index (κ3) is 0.810. The SMILES string of the molecule is CCOC(=O)C1CC2CC23CCN13. The zero-order valence-corrected chi connectivity index (χ0v) is 7.95. The second kappa shape index (κ2) is 2.27. The molecule has 3 fully saturated rings. The van der Waals surface area contributed by atoms with Gasteiger partial charge in [0.25, 0.3) is 0 Å². The number of nitrogens with zero attached hydrogens (tertiary/aromatic N) is 1. The van der Waals surface area contributed by atoms with E-state index < -0.39 is 0 Å². The molecular formula is C10H15NO2. The van der Waals surface area contributed by atoms with Crippen molar-refractivity contribution in [2.45, 2.75) is 37.8 Å². The fraction of sp³-hybridized carbons (Fsp3) is 0.900. The summed E-state index contributed by atoms with van der Waals surface area (Å²) in [6, 6.07) is 0.104. The molecule has 1 aliphatic carbocycles. The molecule has 1 spiro atoms. The van der Waals surface area contributed by atoms with Crippen LogP contribution in [0.1, 0.15) is 26.2 Å². The number of piperidine rings is 1. The summed E-state index contributed by atoms with van der Waals surface area (Å²) in [4.78, 5) is 13.9. The molecule has 2 saturated heterocycles. The molecule has 2 heterocycles. The van der Waals surface area contributed by atoms with Crippen molar-refractivity contribution in [3.05, 3.63) is 0 Å². The number of carbonyl (C=O) groups excluding carboxylic acids is 1. The molecule has 0 amide bonds. The Hall–Kier alpha value is -0.570. The summed E-state index contributed by atoms with van der Waals surface area (Å²) in [5, 5.41) is 0. The van der Waals surface area contributed by atoms with Crippen LogP contribution in [0, 0.1) is 5.92 Å². The van der Waals surface area contributed by atoms with Gasteiger partial charge in [0.1, 0.15) is 6.04 Å². The van der Waals surface area contributed by atoms with E-state index in [1.807, 2.05) is 6.92 Å². The van der Waals surface area contributed by atoms with Crippen molar-refractivity contribution in [2.24, 2.45) is 5.92 Å². The first-order valence-corrected chi connectivity index (χ1v) is 5.21. The molecule has 13 heavy (non-hydrogen) atoms. The van der Waals surface area contributed by atoms with Crippen LogP contribution in [-0.4, -0.2) is 35.6 Å². The van der Waals surface area contributed by atoms with Gasteiger partial charge in [-0.1, -0.05) is 0 Å². The van der Waals surface area contributed by atoms with Crippen LogP contribution in [-0.2, 0) is 9.53 Å². The molecule has 0 radical (unpaired) electrons. The Morgan fingerprint density at radius 1 is 1.69 bits per heavy atom. The van der Waals surface area contributed by atoms with E-state index in [0.717, 1.165) is 18.9 Å². The fourth-order valence-corrected chi connectivity index (χ4v) is 3.18. The molecule has 0 aromatic heterocycles. The van der Waals surface area contributed by atoms with Crippen molar-refractivity contribution in [2.75, 3.05) is 13.2 Å². The zero-order chi connectivity index (χ0) is 9.05. The maximum absolute atomic E-state index is 11.5. The molecule has 0 bridgehead atoms. The summed E-state index contributed by atoms with van der Waals surface area (Å²) < 4.78 is 5.06. The van der Waals surface area contributed by atoms with Gasteiger partial charge in [0, 0.05) is 12.1 Å². The highest BCUT2D eigenvalue weighted by Gasteiger charge is 2.70.